The molecule has 0 aromatic heterocycles. The van der Waals surface area contributed by atoms with E-state index in [2.05, 4.69) is 9.05 Å². The summed E-state index contributed by atoms with van der Waals surface area (Å²) in [5, 5.41) is 16.2. The highest BCUT2D eigenvalue weighted by atomic mass is 31.1. The predicted molar refractivity (Wildman–Crippen MR) is 48.6 cm³/mol. The number of hydrogen-bond donors (Lipinski definition) is 4. The van der Waals surface area contributed by atoms with Gasteiger partial charge < -0.3 is 0 Å². The summed E-state index contributed by atoms with van der Waals surface area (Å²) in [4.78, 5) is 21.0. The molecule has 0 spiro atoms. The van der Waals surface area contributed by atoms with Gasteiger partial charge in [-0.2, -0.15) is 0 Å². The van der Waals surface area contributed by atoms with Crippen LogP contribution in [-0.2, 0) is 23.2 Å². The first-order chi connectivity index (χ1) is 7.60. The van der Waals surface area contributed by atoms with Crippen LogP contribution in [0.2, 0.25) is 0 Å². The molecule has 0 aliphatic carbocycles. The van der Waals surface area contributed by atoms with Crippen LogP contribution in [0.25, 0.3) is 0 Å². The highest BCUT2D eigenvalue weighted by Crippen LogP contribution is 2.23. The van der Waals surface area contributed by atoms with Crippen LogP contribution >= 0.6 is 8.25 Å². The van der Waals surface area contributed by atoms with Gasteiger partial charge in [0, 0.05) is 4.57 Å². The Morgan fingerprint density at radius 1 is 1.00 bits per heavy atom. The number of amides is 2. The van der Waals surface area contributed by atoms with Gasteiger partial charge in [-0.3, -0.25) is 20.0 Å². The van der Waals surface area contributed by atoms with Crippen LogP contribution in [0.15, 0.2) is 0 Å². The fraction of sp³-hybridized carbons (Fsp3) is 0.667. The van der Waals surface area contributed by atoms with E-state index >= 15 is 0 Å². The number of carbonyl (C=O) groups is 2. The lowest BCUT2D eigenvalue weighted by molar-refractivity contribution is -0.130. The van der Waals surface area contributed by atoms with Crippen LogP contribution in [0.3, 0.4) is 0 Å². The number of carbonyl (C=O) groups excluding carboxylic acids is 2. The van der Waals surface area contributed by atoms with Crippen molar-refractivity contribution in [3.63, 3.8) is 0 Å². The van der Waals surface area contributed by atoms with E-state index in [4.69, 9.17) is 10.4 Å². The molecule has 0 bridgehead atoms. The third-order valence-corrected chi connectivity index (χ3v) is 2.09. The van der Waals surface area contributed by atoms with Gasteiger partial charge in [-0.25, -0.2) is 11.0 Å². The first kappa shape index (κ1) is 14.9. The molecule has 2 amide bonds. The third kappa shape index (κ3) is 8.21. The van der Waals surface area contributed by atoms with Gasteiger partial charge in [-0.05, 0) is 0 Å². The molecule has 0 fully saturated rings. The molecule has 9 nitrogen and oxygen atoms in total. The zero-order chi connectivity index (χ0) is 12.4. The van der Waals surface area contributed by atoms with Gasteiger partial charge in [-0.15, -0.1) is 9.05 Å². The van der Waals surface area contributed by atoms with E-state index in [0.717, 1.165) is 0 Å². The van der Waals surface area contributed by atoms with Gasteiger partial charge in [0.15, 0.2) is 0 Å². The Balaban J connectivity index is 3.45. The lowest BCUT2D eigenvalue weighted by Gasteiger charge is -1.94. The second kappa shape index (κ2) is 9.13. The molecule has 10 heteroatoms. The van der Waals surface area contributed by atoms with E-state index in [1.807, 2.05) is 0 Å². The predicted octanol–water partition coefficient (Wildman–Crippen LogP) is -0.532. The van der Waals surface area contributed by atoms with E-state index in [1.54, 1.807) is 0 Å². The Hall–Kier alpha value is -1.12. The highest BCUT2D eigenvalue weighted by Gasteiger charge is 2.21. The fourth-order valence-corrected chi connectivity index (χ4v) is 1.13. The normalized spacial score (nSPS) is 9.62. The second-order valence-electron chi connectivity index (χ2n) is 2.46. The third-order valence-electron chi connectivity index (χ3n) is 1.30. The van der Waals surface area contributed by atoms with Crippen molar-refractivity contribution >= 4 is 20.1 Å². The lowest BCUT2D eigenvalue weighted by Crippen LogP contribution is -2.20. The monoisotopic (exact) mass is 255 g/mol. The minimum Gasteiger partial charge on any atom is -0.289 e. The highest BCUT2D eigenvalue weighted by molar-refractivity contribution is 7.33. The zero-order valence-corrected chi connectivity index (χ0v) is 9.11. The van der Waals surface area contributed by atoms with E-state index in [0.29, 0.717) is 0 Å². The smallest absolute Gasteiger partial charge is 0.289 e. The van der Waals surface area contributed by atoms with Crippen LogP contribution in [0.5, 0.6) is 0 Å². The quantitative estimate of drug-likeness (QED) is 0.260. The number of rotatable bonds is 8. The first-order valence-corrected chi connectivity index (χ1v) is 5.28. The van der Waals surface area contributed by atoms with Crippen molar-refractivity contribution in [3.8, 4) is 0 Å². The van der Waals surface area contributed by atoms with Crippen molar-refractivity contribution in [1.82, 2.24) is 11.0 Å². The second-order valence-corrected chi connectivity index (χ2v) is 3.42. The zero-order valence-electron chi connectivity index (χ0n) is 8.21. The Bertz CT molecular complexity index is 235. The van der Waals surface area contributed by atoms with Gasteiger partial charge in [0.1, 0.15) is 13.2 Å². The summed E-state index contributed by atoms with van der Waals surface area (Å²) in [6.07, 6.45) is -0.337. The van der Waals surface area contributed by atoms with Crippen LogP contribution in [0.4, 0.5) is 0 Å². The number of hydrogen-bond acceptors (Lipinski definition) is 7. The SMILES string of the molecule is O=C(CCO[P+](=O)OCCC(=O)NO)NO. The van der Waals surface area contributed by atoms with E-state index < -0.39 is 20.1 Å². The lowest BCUT2D eigenvalue weighted by atomic mass is 10.4. The van der Waals surface area contributed by atoms with E-state index in [-0.39, 0.29) is 26.1 Å². The van der Waals surface area contributed by atoms with E-state index in [9.17, 15) is 14.2 Å². The maximum atomic E-state index is 10.9. The molecule has 0 aromatic carbocycles. The van der Waals surface area contributed by atoms with Crippen LogP contribution < -0.4 is 11.0 Å². The van der Waals surface area contributed by atoms with Crippen molar-refractivity contribution in [3.05, 3.63) is 0 Å². The molecule has 0 unspecified atom stereocenters. The molecule has 0 saturated carbocycles. The van der Waals surface area contributed by atoms with Crippen molar-refractivity contribution in [2.45, 2.75) is 12.8 Å². The maximum absolute atomic E-state index is 10.9. The van der Waals surface area contributed by atoms with Crippen molar-refractivity contribution in [2.75, 3.05) is 13.2 Å². The molecule has 0 aromatic rings. The average molecular weight is 255 g/mol. The summed E-state index contributed by atoms with van der Waals surface area (Å²) in [7, 11) is -2.43. The number of hydroxylamine groups is 2. The summed E-state index contributed by atoms with van der Waals surface area (Å²) in [6, 6.07) is 0. The molecular formula is C6H12N2O7P+. The molecule has 0 heterocycles. The molecule has 0 atom stereocenters. The maximum Gasteiger partial charge on any atom is 0.697 e. The van der Waals surface area contributed by atoms with Crippen LogP contribution in [0, 0.1) is 0 Å². The molecule has 4 N–H and O–H groups in total. The number of nitrogens with one attached hydrogen (secondary N) is 2. The van der Waals surface area contributed by atoms with Crippen molar-refractivity contribution in [1.29, 1.82) is 0 Å². The van der Waals surface area contributed by atoms with Crippen LogP contribution in [0.1, 0.15) is 12.8 Å². The molecule has 0 radical (unpaired) electrons. The Kier molecular flexibility index (Phi) is 8.49. The first-order valence-electron chi connectivity index (χ1n) is 4.19. The minimum atomic E-state index is -2.43. The van der Waals surface area contributed by atoms with Crippen molar-refractivity contribution < 1.29 is 33.6 Å². The van der Waals surface area contributed by atoms with Gasteiger partial charge in [0.25, 0.3) is 0 Å². The molecule has 92 valence electrons. The molecule has 0 aliphatic heterocycles. The Morgan fingerprint density at radius 3 is 1.69 bits per heavy atom. The van der Waals surface area contributed by atoms with Gasteiger partial charge in [0.2, 0.25) is 11.8 Å². The van der Waals surface area contributed by atoms with Gasteiger partial charge >= 0.3 is 8.25 Å². The summed E-state index contributed by atoms with van der Waals surface area (Å²) in [5.74, 6) is -1.36. The minimum absolute atomic E-state index is 0.169. The fourth-order valence-electron chi connectivity index (χ4n) is 0.575. The van der Waals surface area contributed by atoms with Crippen LogP contribution in [-0.4, -0.2) is 35.4 Å². The molecule has 0 rings (SSSR count). The van der Waals surface area contributed by atoms with Crippen molar-refractivity contribution in [2.24, 2.45) is 0 Å². The summed E-state index contributed by atoms with van der Waals surface area (Å²) in [6.45, 7) is -0.373. The topological polar surface area (TPSA) is 134 Å². The molecular weight excluding hydrogens is 243 g/mol. The molecule has 0 saturated heterocycles. The Labute approximate surface area is 91.6 Å². The summed E-state index contributed by atoms with van der Waals surface area (Å²) in [5.41, 5.74) is 2.74. The standard InChI is InChI=1S/C6H11N2O7P/c9-5(7-11)1-3-14-16(13)15-4-2-6(10)8-12/h1-4H2,(H3-,7,8,9,10,11,12)/p+1. The largest absolute Gasteiger partial charge is 0.697 e. The van der Waals surface area contributed by atoms with Gasteiger partial charge in [-0.1, -0.05) is 0 Å². The Morgan fingerprint density at radius 2 is 1.38 bits per heavy atom. The van der Waals surface area contributed by atoms with Gasteiger partial charge in [0.05, 0.1) is 12.8 Å². The van der Waals surface area contributed by atoms with E-state index in [1.165, 1.54) is 11.0 Å². The summed E-state index contributed by atoms with van der Waals surface area (Å²) >= 11 is 0. The molecule has 16 heavy (non-hydrogen) atoms. The average Bonchev–Trinajstić information content (AvgIpc) is 2.28. The molecule has 0 aliphatic rings. The summed E-state index contributed by atoms with van der Waals surface area (Å²) < 4.78 is 20.0.